The minimum Gasteiger partial charge on any atom is -0.353 e. The second kappa shape index (κ2) is 11.2. The highest BCUT2D eigenvalue weighted by atomic mass is 35.5. The number of carbonyl (C=O) groups excluding carboxylic acids is 1. The molecule has 0 radical (unpaired) electrons. The van der Waals surface area contributed by atoms with Crippen LogP contribution in [0.5, 0.6) is 0 Å². The number of aromatic nitrogens is 1. The molecule has 3 N–H and O–H groups in total. The summed E-state index contributed by atoms with van der Waals surface area (Å²) in [4.78, 5) is 16.4. The van der Waals surface area contributed by atoms with Crippen LogP contribution in [0, 0.1) is 0 Å². The van der Waals surface area contributed by atoms with Crippen molar-refractivity contribution >= 4 is 60.9 Å². The predicted molar refractivity (Wildman–Crippen MR) is 150 cm³/mol. The van der Waals surface area contributed by atoms with Crippen molar-refractivity contribution in [2.45, 2.75) is 39.2 Å². The molecule has 9 nitrogen and oxygen atoms in total. The van der Waals surface area contributed by atoms with Crippen molar-refractivity contribution in [3.8, 4) is 0 Å². The van der Waals surface area contributed by atoms with E-state index in [1.807, 2.05) is 10.8 Å². The average molecular weight is 566 g/mol. The largest absolute Gasteiger partial charge is 0.353 e. The molecule has 2 aliphatic heterocycles. The van der Waals surface area contributed by atoms with E-state index in [9.17, 15) is 13.2 Å². The summed E-state index contributed by atoms with van der Waals surface area (Å²) in [6.45, 7) is 9.92. The summed E-state index contributed by atoms with van der Waals surface area (Å²) in [7, 11) is -4.03. The van der Waals surface area contributed by atoms with Crippen LogP contribution in [0.2, 0.25) is 5.02 Å². The maximum absolute atomic E-state index is 11.6. The minimum atomic E-state index is -4.03. The van der Waals surface area contributed by atoms with Gasteiger partial charge in [0.1, 0.15) is 5.82 Å². The normalized spacial score (nSPS) is 16.4. The molecule has 0 unspecified atom stereocenters. The van der Waals surface area contributed by atoms with Gasteiger partial charge in [-0.1, -0.05) is 29.8 Å². The maximum Gasteiger partial charge on any atom is 0.333 e. The molecule has 0 aliphatic carbocycles. The van der Waals surface area contributed by atoms with E-state index in [-0.39, 0.29) is 5.91 Å². The smallest absolute Gasteiger partial charge is 0.333 e. The Bertz CT molecular complexity index is 1380. The van der Waals surface area contributed by atoms with Gasteiger partial charge in [-0.15, -0.1) is 0 Å². The van der Waals surface area contributed by atoms with Crippen molar-refractivity contribution in [3.63, 3.8) is 0 Å². The lowest BCUT2D eigenvalue weighted by Gasteiger charge is -2.35. The van der Waals surface area contributed by atoms with Gasteiger partial charge in [-0.25, -0.2) is 0 Å². The van der Waals surface area contributed by atoms with Gasteiger partial charge in [-0.05, 0) is 68.1 Å². The van der Waals surface area contributed by atoms with Crippen LogP contribution in [0.4, 0.5) is 11.5 Å². The Morgan fingerprint density at radius 1 is 1.16 bits per heavy atom. The standard InChI is InChI=1S/C21H21ClN4OS.C4H11NO3S/c22-17-13-18-15(12-20(27)23-18)11-14(17)5-6-25-7-9-26(10-8-25)21-16-3-1-2-4-19(16)28-24-21;1-4(2,3)5-9(6,7)8/h1-4,11,13H,5-10,12H2,(H,23,27);5H,1-3H3,(H,6,7,8). The number of anilines is 2. The Morgan fingerprint density at radius 3 is 2.51 bits per heavy atom. The average Bonchev–Trinajstić information content (AvgIpc) is 3.38. The van der Waals surface area contributed by atoms with Crippen molar-refractivity contribution in [1.82, 2.24) is 14.0 Å². The van der Waals surface area contributed by atoms with Crippen LogP contribution in [0.3, 0.4) is 0 Å². The number of fused-ring (bicyclic) bond motifs is 2. The van der Waals surface area contributed by atoms with Crippen molar-refractivity contribution in [2.75, 3.05) is 42.9 Å². The summed E-state index contributed by atoms with van der Waals surface area (Å²) < 4.78 is 36.3. The Balaban J connectivity index is 0.000000307. The quantitative estimate of drug-likeness (QED) is 0.401. The first kappa shape index (κ1) is 27.7. The number of nitrogens with one attached hydrogen (secondary N) is 2. The fraction of sp³-hybridized carbons (Fsp3) is 0.440. The molecule has 12 heteroatoms. The lowest BCUT2D eigenvalue weighted by molar-refractivity contribution is -0.115. The first-order chi connectivity index (χ1) is 17.4. The number of hydrogen-bond acceptors (Lipinski definition) is 7. The number of piperazine rings is 1. The molecule has 3 aromatic rings. The molecule has 0 saturated carbocycles. The summed E-state index contributed by atoms with van der Waals surface area (Å²) in [6, 6.07) is 12.4. The summed E-state index contributed by atoms with van der Waals surface area (Å²) >= 11 is 8.01. The van der Waals surface area contributed by atoms with Gasteiger partial charge in [0.15, 0.2) is 0 Å². The van der Waals surface area contributed by atoms with Gasteiger partial charge in [-0.2, -0.15) is 17.5 Å². The lowest BCUT2D eigenvalue weighted by Crippen LogP contribution is -2.47. The van der Waals surface area contributed by atoms with Crippen LogP contribution >= 0.6 is 23.1 Å². The number of rotatable bonds is 5. The van der Waals surface area contributed by atoms with Gasteiger partial charge in [0.2, 0.25) is 5.91 Å². The molecule has 2 aliphatic rings. The summed E-state index contributed by atoms with van der Waals surface area (Å²) in [6.07, 6.45) is 1.36. The molecule has 1 saturated heterocycles. The zero-order valence-corrected chi connectivity index (χ0v) is 23.5. The van der Waals surface area contributed by atoms with E-state index in [1.165, 1.54) is 10.1 Å². The first-order valence-corrected chi connectivity index (χ1v) is 14.7. The second-order valence-electron chi connectivity index (χ2n) is 10.2. The topological polar surface area (TPSA) is 115 Å². The Labute approximate surface area is 226 Å². The fourth-order valence-electron chi connectivity index (χ4n) is 4.44. The highest BCUT2D eigenvalue weighted by molar-refractivity contribution is 7.83. The molecule has 1 amide bonds. The van der Waals surface area contributed by atoms with Crippen molar-refractivity contribution < 1.29 is 17.8 Å². The Hall–Kier alpha value is -2.28. The zero-order valence-electron chi connectivity index (χ0n) is 21.1. The second-order valence-corrected chi connectivity index (χ2v) is 12.6. The van der Waals surface area contributed by atoms with E-state index in [2.05, 4.69) is 49.8 Å². The molecule has 1 fully saturated rings. The molecule has 37 heavy (non-hydrogen) atoms. The fourth-order valence-corrected chi connectivity index (χ4v) is 6.27. The summed E-state index contributed by atoms with van der Waals surface area (Å²) in [5, 5.41) is 4.86. The molecule has 0 atom stereocenters. The van der Waals surface area contributed by atoms with Gasteiger partial charge in [0, 0.05) is 54.4 Å². The van der Waals surface area contributed by atoms with E-state index in [4.69, 9.17) is 16.2 Å². The van der Waals surface area contributed by atoms with Gasteiger partial charge in [0.05, 0.1) is 11.1 Å². The molecule has 0 spiro atoms. The first-order valence-electron chi connectivity index (χ1n) is 12.1. The third kappa shape index (κ3) is 7.62. The summed E-state index contributed by atoms with van der Waals surface area (Å²) in [5.41, 5.74) is 2.45. The third-order valence-electron chi connectivity index (χ3n) is 6.06. The zero-order chi connectivity index (χ0) is 26.8. The van der Waals surface area contributed by atoms with E-state index in [0.717, 1.165) is 66.8 Å². The number of nitrogens with zero attached hydrogens (tertiary/aromatic N) is 3. The van der Waals surface area contributed by atoms with Gasteiger partial charge in [-0.3, -0.25) is 14.2 Å². The Kier molecular flexibility index (Phi) is 8.41. The van der Waals surface area contributed by atoms with Crippen molar-refractivity contribution in [3.05, 3.63) is 52.5 Å². The highest BCUT2D eigenvalue weighted by Gasteiger charge is 2.22. The van der Waals surface area contributed by atoms with Crippen molar-refractivity contribution in [2.24, 2.45) is 0 Å². The molecule has 1 aromatic heterocycles. The SMILES string of the molecule is CC(C)(C)NS(=O)(=O)O.O=C1Cc2cc(CCN3CCN(c4nsc5ccccc45)CC3)c(Cl)cc2N1. The number of amides is 1. The number of carbonyl (C=O) groups is 1. The molecule has 2 aromatic carbocycles. The van der Waals surface area contributed by atoms with Crippen molar-refractivity contribution in [1.29, 1.82) is 0 Å². The van der Waals surface area contributed by atoms with Crippen LogP contribution in [0.15, 0.2) is 36.4 Å². The number of hydrogen-bond donors (Lipinski definition) is 3. The van der Waals surface area contributed by atoms with Gasteiger partial charge in [0.25, 0.3) is 0 Å². The third-order valence-corrected chi connectivity index (χ3v) is 8.10. The van der Waals surface area contributed by atoms with E-state index >= 15 is 0 Å². The molecule has 0 bridgehead atoms. The lowest BCUT2D eigenvalue weighted by atomic mass is 10.1. The molecular weight excluding hydrogens is 534 g/mol. The van der Waals surface area contributed by atoms with Crippen LogP contribution in [0.25, 0.3) is 10.1 Å². The van der Waals surface area contributed by atoms with E-state index in [1.54, 1.807) is 32.3 Å². The maximum atomic E-state index is 11.6. The van der Waals surface area contributed by atoms with E-state index < -0.39 is 15.8 Å². The Morgan fingerprint density at radius 2 is 1.86 bits per heavy atom. The molecular formula is C25H32ClN5O4S2. The van der Waals surface area contributed by atoms with Gasteiger partial charge < -0.3 is 10.2 Å². The molecule has 200 valence electrons. The highest BCUT2D eigenvalue weighted by Crippen LogP contribution is 2.31. The van der Waals surface area contributed by atoms with Gasteiger partial charge >= 0.3 is 10.3 Å². The van der Waals surface area contributed by atoms with Crippen LogP contribution in [-0.2, 0) is 27.9 Å². The molecule has 3 heterocycles. The number of halogens is 1. The predicted octanol–water partition coefficient (Wildman–Crippen LogP) is 3.99. The number of benzene rings is 2. The molecule has 5 rings (SSSR count). The monoisotopic (exact) mass is 565 g/mol. The van der Waals surface area contributed by atoms with Crippen LogP contribution < -0.4 is 14.9 Å². The van der Waals surface area contributed by atoms with Crippen LogP contribution in [-0.4, -0.2) is 66.4 Å². The minimum absolute atomic E-state index is 0.0499. The van der Waals surface area contributed by atoms with Crippen LogP contribution in [0.1, 0.15) is 31.9 Å². The van der Waals surface area contributed by atoms with E-state index in [0.29, 0.717) is 6.42 Å². The summed E-state index contributed by atoms with van der Waals surface area (Å²) in [5.74, 6) is 1.17.